The maximum atomic E-state index is 9.22. The molecular weight excluding hydrogens is 368 g/mol. The molecule has 6 heteroatoms. The van der Waals surface area contributed by atoms with Gasteiger partial charge in [0.25, 0.3) is 0 Å². The van der Waals surface area contributed by atoms with E-state index in [1.165, 1.54) is 5.01 Å². The first kappa shape index (κ1) is 18.5. The fourth-order valence-electron chi connectivity index (χ4n) is 3.62. The van der Waals surface area contributed by atoms with Crippen LogP contribution in [0.25, 0.3) is 11.3 Å². The number of ether oxygens (including phenoxy) is 1. The second-order valence-electron chi connectivity index (χ2n) is 6.98. The maximum absolute atomic E-state index is 9.22. The van der Waals surface area contributed by atoms with Crippen molar-refractivity contribution in [3.05, 3.63) is 58.0 Å². The lowest BCUT2D eigenvalue weighted by Gasteiger charge is -2.32. The van der Waals surface area contributed by atoms with Crippen LogP contribution < -0.4 is 9.64 Å². The highest BCUT2D eigenvalue weighted by Crippen LogP contribution is 2.36. The summed E-state index contributed by atoms with van der Waals surface area (Å²) in [5.41, 5.74) is 3.46. The molecule has 4 rings (SSSR count). The van der Waals surface area contributed by atoms with Crippen LogP contribution >= 0.6 is 11.3 Å². The van der Waals surface area contributed by atoms with Crippen LogP contribution in [0, 0.1) is 18.3 Å². The summed E-state index contributed by atoms with van der Waals surface area (Å²) in [7, 11) is 1.69. The van der Waals surface area contributed by atoms with Gasteiger partial charge >= 0.3 is 0 Å². The van der Waals surface area contributed by atoms with Crippen LogP contribution in [-0.2, 0) is 0 Å². The Balaban J connectivity index is 1.46. The fraction of sp³-hybridized carbons (Fsp3) is 0.318. The van der Waals surface area contributed by atoms with Crippen LogP contribution in [0.2, 0.25) is 0 Å². The minimum atomic E-state index is 0.464. The quantitative estimate of drug-likeness (QED) is 0.642. The number of para-hydroxylation sites is 1. The molecule has 3 heterocycles. The van der Waals surface area contributed by atoms with Crippen molar-refractivity contribution in [2.75, 3.05) is 25.1 Å². The first-order chi connectivity index (χ1) is 13.7. The largest absolute Gasteiger partial charge is 0.496 e. The number of nitriles is 1. The predicted molar refractivity (Wildman–Crippen MR) is 112 cm³/mol. The third-order valence-electron chi connectivity index (χ3n) is 5.26. The van der Waals surface area contributed by atoms with E-state index < -0.39 is 0 Å². The number of piperidine rings is 1. The molecule has 1 aliphatic heterocycles. The molecule has 2 aromatic heterocycles. The molecule has 1 aliphatic rings. The number of rotatable bonds is 4. The van der Waals surface area contributed by atoms with Crippen LogP contribution in [0.4, 0.5) is 5.82 Å². The van der Waals surface area contributed by atoms with Crippen molar-refractivity contribution in [1.29, 1.82) is 5.26 Å². The Morgan fingerprint density at radius 3 is 2.68 bits per heavy atom. The van der Waals surface area contributed by atoms with E-state index >= 15 is 0 Å². The molecule has 0 bridgehead atoms. The SMILES string of the molecule is COc1ccccc1-c1csc(C2CCN(c3ccc(C)c(C#N)n3)CC2)n1. The Labute approximate surface area is 169 Å². The Morgan fingerprint density at radius 1 is 1.14 bits per heavy atom. The normalized spacial score (nSPS) is 14.7. The monoisotopic (exact) mass is 390 g/mol. The maximum Gasteiger partial charge on any atom is 0.145 e. The number of nitrogens with zero attached hydrogens (tertiary/aromatic N) is 4. The third-order valence-corrected chi connectivity index (χ3v) is 6.27. The second-order valence-corrected chi connectivity index (χ2v) is 7.87. The van der Waals surface area contributed by atoms with Crippen molar-refractivity contribution in [2.45, 2.75) is 25.7 Å². The molecule has 5 nitrogen and oxygen atoms in total. The van der Waals surface area contributed by atoms with Gasteiger partial charge in [0.2, 0.25) is 0 Å². The Kier molecular flexibility index (Phi) is 5.27. The lowest BCUT2D eigenvalue weighted by molar-refractivity contribution is 0.416. The molecule has 0 saturated carbocycles. The van der Waals surface area contributed by atoms with Gasteiger partial charge in [0.1, 0.15) is 23.3 Å². The van der Waals surface area contributed by atoms with Gasteiger partial charge in [0.05, 0.1) is 17.8 Å². The number of aromatic nitrogens is 2. The van der Waals surface area contributed by atoms with Gasteiger partial charge in [-0.1, -0.05) is 18.2 Å². The smallest absolute Gasteiger partial charge is 0.145 e. The van der Waals surface area contributed by atoms with Crippen molar-refractivity contribution in [2.24, 2.45) is 0 Å². The van der Waals surface area contributed by atoms with Crippen LogP contribution in [0.1, 0.15) is 35.0 Å². The highest BCUT2D eigenvalue weighted by molar-refractivity contribution is 7.10. The molecule has 3 aromatic rings. The zero-order valence-corrected chi connectivity index (χ0v) is 16.9. The van der Waals surface area contributed by atoms with Gasteiger partial charge < -0.3 is 9.64 Å². The molecule has 0 aliphatic carbocycles. The molecule has 1 aromatic carbocycles. The van der Waals surface area contributed by atoms with Gasteiger partial charge in [-0.05, 0) is 43.5 Å². The summed E-state index contributed by atoms with van der Waals surface area (Å²) in [5.74, 6) is 2.22. The Bertz CT molecular complexity index is 1020. The van der Waals surface area contributed by atoms with Gasteiger partial charge in [0, 0.05) is 30.0 Å². The van der Waals surface area contributed by atoms with E-state index in [0.717, 1.165) is 54.3 Å². The number of aryl methyl sites for hydroxylation is 1. The standard InChI is InChI=1S/C22H22N4OS/c1-15-7-8-21(24-18(15)13-23)26-11-9-16(10-12-26)22-25-19(14-28-22)17-5-3-4-6-20(17)27-2/h3-8,14,16H,9-12H2,1-2H3. The van der Waals surface area contributed by atoms with Crippen LogP contribution in [0.15, 0.2) is 41.8 Å². The predicted octanol–water partition coefficient (Wildman–Crippen LogP) is 4.78. The molecule has 0 spiro atoms. The van der Waals surface area contributed by atoms with E-state index in [4.69, 9.17) is 9.72 Å². The molecule has 142 valence electrons. The molecule has 0 radical (unpaired) electrons. The molecule has 0 unspecified atom stereocenters. The van der Waals surface area contributed by atoms with Gasteiger partial charge in [0.15, 0.2) is 0 Å². The van der Waals surface area contributed by atoms with Gasteiger partial charge in [-0.2, -0.15) is 5.26 Å². The minimum Gasteiger partial charge on any atom is -0.496 e. The van der Waals surface area contributed by atoms with E-state index in [9.17, 15) is 5.26 Å². The molecule has 0 N–H and O–H groups in total. The average molecular weight is 391 g/mol. The Morgan fingerprint density at radius 2 is 1.93 bits per heavy atom. The van der Waals surface area contributed by atoms with Gasteiger partial charge in [-0.3, -0.25) is 0 Å². The summed E-state index contributed by atoms with van der Waals surface area (Å²) in [6, 6.07) is 14.2. The molecular formula is C22H22N4OS. The van der Waals surface area contributed by atoms with E-state index in [1.807, 2.05) is 37.3 Å². The number of benzene rings is 1. The summed E-state index contributed by atoms with van der Waals surface area (Å²) >= 11 is 1.73. The number of hydrogen-bond donors (Lipinski definition) is 0. The molecule has 28 heavy (non-hydrogen) atoms. The average Bonchev–Trinajstić information content (AvgIpc) is 3.24. The first-order valence-corrected chi connectivity index (χ1v) is 10.3. The lowest BCUT2D eigenvalue weighted by atomic mass is 9.97. The summed E-state index contributed by atoms with van der Waals surface area (Å²) in [6.45, 7) is 3.77. The van der Waals surface area contributed by atoms with E-state index in [2.05, 4.69) is 27.4 Å². The highest BCUT2D eigenvalue weighted by Gasteiger charge is 2.24. The van der Waals surface area contributed by atoms with Crippen LogP contribution in [0.3, 0.4) is 0 Å². The van der Waals surface area contributed by atoms with Crippen molar-refractivity contribution < 1.29 is 4.74 Å². The number of hydrogen-bond acceptors (Lipinski definition) is 6. The molecule has 1 fully saturated rings. The molecule has 0 atom stereocenters. The topological polar surface area (TPSA) is 62.0 Å². The summed E-state index contributed by atoms with van der Waals surface area (Å²) in [4.78, 5) is 11.7. The third kappa shape index (κ3) is 3.58. The van der Waals surface area contributed by atoms with E-state index in [-0.39, 0.29) is 0 Å². The van der Waals surface area contributed by atoms with E-state index in [0.29, 0.717) is 11.6 Å². The number of methoxy groups -OCH3 is 1. The highest BCUT2D eigenvalue weighted by atomic mass is 32.1. The minimum absolute atomic E-state index is 0.464. The number of pyridine rings is 1. The molecule has 0 amide bonds. The van der Waals surface area contributed by atoms with Crippen LogP contribution in [0.5, 0.6) is 5.75 Å². The summed E-state index contributed by atoms with van der Waals surface area (Å²) in [5, 5.41) is 12.5. The first-order valence-electron chi connectivity index (χ1n) is 9.41. The van der Waals surface area contributed by atoms with Crippen molar-refractivity contribution in [3.8, 4) is 23.1 Å². The zero-order chi connectivity index (χ0) is 19.5. The van der Waals surface area contributed by atoms with Crippen LogP contribution in [-0.4, -0.2) is 30.2 Å². The Hall–Kier alpha value is -2.91. The number of thiazole rings is 1. The second kappa shape index (κ2) is 7.99. The van der Waals surface area contributed by atoms with Gasteiger partial charge in [-0.15, -0.1) is 11.3 Å². The molecule has 1 saturated heterocycles. The van der Waals surface area contributed by atoms with Crippen molar-refractivity contribution >= 4 is 17.2 Å². The number of anilines is 1. The summed E-state index contributed by atoms with van der Waals surface area (Å²) < 4.78 is 5.47. The van der Waals surface area contributed by atoms with Crippen molar-refractivity contribution in [3.63, 3.8) is 0 Å². The lowest BCUT2D eigenvalue weighted by Crippen LogP contribution is -2.33. The van der Waals surface area contributed by atoms with E-state index in [1.54, 1.807) is 18.4 Å². The van der Waals surface area contributed by atoms with Crippen molar-refractivity contribution in [1.82, 2.24) is 9.97 Å². The summed E-state index contributed by atoms with van der Waals surface area (Å²) in [6.07, 6.45) is 2.08. The van der Waals surface area contributed by atoms with Gasteiger partial charge in [-0.25, -0.2) is 9.97 Å². The zero-order valence-electron chi connectivity index (χ0n) is 16.1. The fourth-order valence-corrected chi connectivity index (χ4v) is 4.61.